The molecule has 0 saturated heterocycles. The van der Waals surface area contributed by atoms with Gasteiger partial charge in [0.15, 0.2) is 18.8 Å². The van der Waals surface area contributed by atoms with Crippen LogP contribution in [0.2, 0.25) is 0 Å². The number of nitrogens with zero attached hydrogens (tertiary/aromatic N) is 2. The monoisotopic (exact) mass is 210 g/mol. The van der Waals surface area contributed by atoms with Gasteiger partial charge in [-0.05, 0) is 26.0 Å². The zero-order valence-corrected chi connectivity index (χ0v) is 8.84. The number of nitro benzene ring substituents is 1. The van der Waals surface area contributed by atoms with E-state index < -0.39 is 4.92 Å². The Balaban J connectivity index is 2.67. The molecular weight excluding hydrogens is 196 g/mol. The van der Waals surface area contributed by atoms with Gasteiger partial charge in [-0.2, -0.15) is 0 Å². The van der Waals surface area contributed by atoms with Gasteiger partial charge in [0.1, 0.15) is 0 Å². The van der Waals surface area contributed by atoms with E-state index in [9.17, 15) is 10.1 Å². The fourth-order valence-electron chi connectivity index (χ4n) is 1.13. The summed E-state index contributed by atoms with van der Waals surface area (Å²) < 4.78 is 0. The van der Waals surface area contributed by atoms with Crippen molar-refractivity contribution in [2.24, 2.45) is 0 Å². The summed E-state index contributed by atoms with van der Waals surface area (Å²) in [7, 11) is 0. The smallest absolute Gasteiger partial charge is 0.261 e. The summed E-state index contributed by atoms with van der Waals surface area (Å²) in [5.74, 6) is 0.615. The van der Waals surface area contributed by atoms with Crippen molar-refractivity contribution in [2.75, 3.05) is 13.1 Å². The fourth-order valence-corrected chi connectivity index (χ4v) is 1.13. The molecule has 0 aliphatic rings. The Kier molecular flexibility index (Phi) is 4.05. The molecule has 5 heteroatoms. The van der Waals surface area contributed by atoms with Crippen LogP contribution in [-0.2, 0) is 0 Å². The normalized spacial score (nSPS) is 10.3. The maximum Gasteiger partial charge on any atom is 0.269 e. The van der Waals surface area contributed by atoms with Crippen LogP contribution in [0.4, 0.5) is 5.69 Å². The molecule has 0 atom stereocenters. The molecule has 0 aliphatic carbocycles. The highest BCUT2D eigenvalue weighted by Gasteiger charge is 2.13. The van der Waals surface area contributed by atoms with Crippen molar-refractivity contribution in [3.05, 3.63) is 34.4 Å². The fraction of sp³-hybridized carbons (Fsp3) is 0.400. The predicted octanol–water partition coefficient (Wildman–Crippen LogP) is 2.07. The number of hydrogen-bond donors (Lipinski definition) is 0. The molecule has 15 heavy (non-hydrogen) atoms. The van der Waals surface area contributed by atoms with Crippen molar-refractivity contribution >= 4 is 5.69 Å². The highest BCUT2D eigenvalue weighted by atomic mass is 16.7. The third-order valence-corrected chi connectivity index (χ3v) is 1.99. The first-order valence-electron chi connectivity index (χ1n) is 4.84. The van der Waals surface area contributed by atoms with Crippen molar-refractivity contribution in [1.82, 2.24) is 5.06 Å². The molecule has 0 bridgehead atoms. The maximum atomic E-state index is 10.4. The van der Waals surface area contributed by atoms with Crippen molar-refractivity contribution in [3.8, 4) is 5.75 Å². The minimum Gasteiger partial charge on any atom is -0.261 e. The van der Waals surface area contributed by atoms with Gasteiger partial charge in [0.05, 0.1) is 4.92 Å². The van der Waals surface area contributed by atoms with E-state index in [0.717, 1.165) is 13.1 Å². The van der Waals surface area contributed by atoms with Gasteiger partial charge in [0.25, 0.3) is 5.69 Å². The van der Waals surface area contributed by atoms with Gasteiger partial charge in [-0.25, -0.2) is 0 Å². The predicted molar refractivity (Wildman–Crippen MR) is 56.9 cm³/mol. The molecule has 5 nitrogen and oxygen atoms in total. The first-order valence-corrected chi connectivity index (χ1v) is 4.84. The second-order valence-corrected chi connectivity index (χ2v) is 2.96. The van der Waals surface area contributed by atoms with Crippen LogP contribution in [0.1, 0.15) is 13.8 Å². The zero-order chi connectivity index (χ0) is 11.3. The number of benzene rings is 1. The van der Waals surface area contributed by atoms with E-state index in [1.165, 1.54) is 12.1 Å². The quantitative estimate of drug-likeness (QED) is 0.424. The molecule has 0 aromatic heterocycles. The van der Waals surface area contributed by atoms with Gasteiger partial charge in [0.2, 0.25) is 0 Å². The second kappa shape index (κ2) is 5.31. The Hall–Kier alpha value is -1.62. The molecule has 0 N–H and O–H groups in total. The summed E-state index contributed by atoms with van der Waals surface area (Å²) in [6.07, 6.45) is 0. The van der Waals surface area contributed by atoms with E-state index in [4.69, 9.17) is 4.84 Å². The van der Waals surface area contributed by atoms with E-state index in [-0.39, 0.29) is 5.69 Å². The molecule has 0 saturated carbocycles. The molecule has 0 heterocycles. The third-order valence-electron chi connectivity index (χ3n) is 1.99. The molecule has 0 aliphatic heterocycles. The molecule has 0 amide bonds. The van der Waals surface area contributed by atoms with Gasteiger partial charge in [-0.3, -0.25) is 15.0 Å². The number of hydroxylamine groups is 2. The Morgan fingerprint density at radius 1 is 1.20 bits per heavy atom. The molecular formula is C10H14N2O3+. The van der Waals surface area contributed by atoms with Gasteiger partial charge in [-0.1, -0.05) is 0 Å². The lowest BCUT2D eigenvalue weighted by atomic mass is 10.3. The van der Waals surface area contributed by atoms with E-state index >= 15 is 0 Å². The Labute approximate surface area is 88.4 Å². The Bertz CT molecular complexity index is 320. The molecule has 1 radical (unpaired) electrons. The SMILES string of the molecule is CC[N+](CC)Oc1ccc([N+](=O)[O-])cc1. The number of nitro groups is 1. The molecule has 0 unspecified atom stereocenters. The van der Waals surface area contributed by atoms with Gasteiger partial charge in [0, 0.05) is 17.2 Å². The van der Waals surface area contributed by atoms with E-state index in [1.54, 1.807) is 17.2 Å². The lowest BCUT2D eigenvalue weighted by Crippen LogP contribution is -2.33. The largest absolute Gasteiger partial charge is 0.269 e. The minimum atomic E-state index is -0.429. The molecule has 0 spiro atoms. The van der Waals surface area contributed by atoms with Crippen LogP contribution in [0.3, 0.4) is 0 Å². The topological polar surface area (TPSA) is 58.3 Å². The van der Waals surface area contributed by atoms with Crippen molar-refractivity contribution in [1.29, 1.82) is 0 Å². The van der Waals surface area contributed by atoms with Crippen molar-refractivity contribution in [3.63, 3.8) is 0 Å². The number of rotatable bonds is 5. The second-order valence-electron chi connectivity index (χ2n) is 2.96. The summed E-state index contributed by atoms with van der Waals surface area (Å²) >= 11 is 0. The standard InChI is InChI=1S/C10H14N2O3/c1-3-11(4-2)15-10-7-5-9(6-8-10)12(13)14/h5-8H,3-4H2,1-2H3/q+1. The number of hydrogen-bond acceptors (Lipinski definition) is 4. The molecule has 1 aromatic carbocycles. The summed E-state index contributed by atoms with van der Waals surface area (Å²) in [5.41, 5.74) is 0.0712. The Morgan fingerprint density at radius 2 is 1.73 bits per heavy atom. The van der Waals surface area contributed by atoms with Crippen molar-refractivity contribution < 1.29 is 9.76 Å². The van der Waals surface area contributed by atoms with E-state index in [1.807, 2.05) is 13.8 Å². The van der Waals surface area contributed by atoms with Gasteiger partial charge < -0.3 is 0 Å². The minimum absolute atomic E-state index is 0.0712. The van der Waals surface area contributed by atoms with Crippen LogP contribution < -0.4 is 9.90 Å². The van der Waals surface area contributed by atoms with Crippen LogP contribution in [0.25, 0.3) is 0 Å². The number of non-ortho nitro benzene ring substituents is 1. The van der Waals surface area contributed by atoms with Crippen LogP contribution in [-0.4, -0.2) is 18.0 Å². The van der Waals surface area contributed by atoms with Crippen molar-refractivity contribution in [2.45, 2.75) is 13.8 Å². The maximum absolute atomic E-state index is 10.4. The van der Waals surface area contributed by atoms with Crippen LogP contribution in [0.5, 0.6) is 5.75 Å². The summed E-state index contributed by atoms with van der Waals surface area (Å²) in [6, 6.07) is 6.05. The lowest BCUT2D eigenvalue weighted by Gasteiger charge is -2.05. The highest BCUT2D eigenvalue weighted by Crippen LogP contribution is 2.17. The lowest BCUT2D eigenvalue weighted by molar-refractivity contribution is -0.384. The first-order chi connectivity index (χ1) is 7.17. The van der Waals surface area contributed by atoms with Crippen LogP contribution in [0, 0.1) is 10.1 Å². The molecule has 81 valence electrons. The van der Waals surface area contributed by atoms with E-state index in [0.29, 0.717) is 5.75 Å². The average Bonchev–Trinajstić information content (AvgIpc) is 2.26. The summed E-state index contributed by atoms with van der Waals surface area (Å²) in [5, 5.41) is 12.2. The van der Waals surface area contributed by atoms with E-state index in [2.05, 4.69) is 0 Å². The van der Waals surface area contributed by atoms with Crippen LogP contribution >= 0.6 is 0 Å². The van der Waals surface area contributed by atoms with Crippen LogP contribution in [0.15, 0.2) is 24.3 Å². The highest BCUT2D eigenvalue weighted by molar-refractivity contribution is 5.35. The molecule has 0 fully saturated rings. The Morgan fingerprint density at radius 3 is 2.13 bits per heavy atom. The average molecular weight is 210 g/mol. The zero-order valence-electron chi connectivity index (χ0n) is 8.84. The molecule has 1 rings (SSSR count). The summed E-state index contributed by atoms with van der Waals surface area (Å²) in [6.45, 7) is 5.50. The molecule has 1 aromatic rings. The summed E-state index contributed by atoms with van der Waals surface area (Å²) in [4.78, 5) is 15.4. The third kappa shape index (κ3) is 3.21. The van der Waals surface area contributed by atoms with Gasteiger partial charge in [-0.15, -0.1) is 0 Å². The first kappa shape index (κ1) is 11.5. The van der Waals surface area contributed by atoms with Gasteiger partial charge >= 0.3 is 0 Å².